The molecule has 1 aromatic heterocycles. The molecule has 1 atom stereocenters. The van der Waals surface area contributed by atoms with Crippen LogP contribution in [0.25, 0.3) is 5.69 Å². The summed E-state index contributed by atoms with van der Waals surface area (Å²) in [6.45, 7) is 4.97. The van der Waals surface area contributed by atoms with Crippen LogP contribution in [0.2, 0.25) is 0 Å². The van der Waals surface area contributed by atoms with Crippen LogP contribution in [-0.4, -0.2) is 40.0 Å². The standard InChI is InChI=1S/C13H19N5O/c1-10-4-5-12(18-9-14-16-17-18)8-13(10)15-11(2)6-7-19-3/h4-5,8-9,11,15H,6-7H2,1-3H3. The molecule has 1 heterocycles. The van der Waals surface area contributed by atoms with E-state index in [2.05, 4.69) is 46.8 Å². The minimum atomic E-state index is 0.350. The topological polar surface area (TPSA) is 64.9 Å². The Labute approximate surface area is 112 Å². The second-order valence-electron chi connectivity index (χ2n) is 4.58. The first-order valence-corrected chi connectivity index (χ1v) is 6.30. The predicted molar refractivity (Wildman–Crippen MR) is 73.5 cm³/mol. The van der Waals surface area contributed by atoms with Crippen LogP contribution in [0.4, 0.5) is 5.69 Å². The molecular weight excluding hydrogens is 242 g/mol. The summed E-state index contributed by atoms with van der Waals surface area (Å²) in [5.41, 5.74) is 3.23. The van der Waals surface area contributed by atoms with E-state index in [1.54, 1.807) is 18.1 Å². The molecule has 6 heteroatoms. The number of rotatable bonds is 6. The summed E-state index contributed by atoms with van der Waals surface area (Å²) in [5, 5.41) is 14.7. The van der Waals surface area contributed by atoms with Crippen LogP contribution in [0.15, 0.2) is 24.5 Å². The number of aryl methyl sites for hydroxylation is 1. The third-order valence-electron chi connectivity index (χ3n) is 2.99. The van der Waals surface area contributed by atoms with Crippen LogP contribution in [0.5, 0.6) is 0 Å². The molecule has 0 saturated heterocycles. The van der Waals surface area contributed by atoms with Crippen LogP contribution >= 0.6 is 0 Å². The Hall–Kier alpha value is -1.95. The Morgan fingerprint density at radius 2 is 2.26 bits per heavy atom. The molecular formula is C13H19N5O. The van der Waals surface area contributed by atoms with Gasteiger partial charge in [-0.25, -0.2) is 4.68 Å². The van der Waals surface area contributed by atoms with Crippen molar-refractivity contribution < 1.29 is 4.74 Å². The van der Waals surface area contributed by atoms with Crippen LogP contribution in [0.3, 0.4) is 0 Å². The fourth-order valence-corrected chi connectivity index (χ4v) is 1.82. The molecule has 0 spiro atoms. The van der Waals surface area contributed by atoms with E-state index in [4.69, 9.17) is 4.74 Å². The number of hydrogen-bond acceptors (Lipinski definition) is 5. The summed E-state index contributed by atoms with van der Waals surface area (Å²) >= 11 is 0. The lowest BCUT2D eigenvalue weighted by Gasteiger charge is -2.17. The Balaban J connectivity index is 2.13. The molecule has 1 aromatic carbocycles. The van der Waals surface area contributed by atoms with Crippen molar-refractivity contribution in [1.29, 1.82) is 0 Å². The summed E-state index contributed by atoms with van der Waals surface area (Å²) in [6.07, 6.45) is 2.55. The minimum Gasteiger partial charge on any atom is -0.385 e. The molecule has 0 saturated carbocycles. The predicted octanol–water partition coefficient (Wildman–Crippen LogP) is 1.81. The molecule has 0 aliphatic carbocycles. The Kier molecular flexibility index (Phi) is 4.46. The number of aromatic nitrogens is 4. The van der Waals surface area contributed by atoms with Crippen molar-refractivity contribution in [2.75, 3.05) is 19.0 Å². The summed E-state index contributed by atoms with van der Waals surface area (Å²) in [5.74, 6) is 0. The third-order valence-corrected chi connectivity index (χ3v) is 2.99. The summed E-state index contributed by atoms with van der Waals surface area (Å²) < 4.78 is 6.74. The van der Waals surface area contributed by atoms with E-state index in [9.17, 15) is 0 Å². The average molecular weight is 261 g/mol. The number of hydrogen-bond donors (Lipinski definition) is 1. The number of methoxy groups -OCH3 is 1. The molecule has 0 fully saturated rings. The second kappa shape index (κ2) is 6.29. The van der Waals surface area contributed by atoms with Crippen LogP contribution in [0, 0.1) is 6.92 Å². The minimum absolute atomic E-state index is 0.350. The highest BCUT2D eigenvalue weighted by atomic mass is 16.5. The first kappa shape index (κ1) is 13.5. The van der Waals surface area contributed by atoms with E-state index < -0.39 is 0 Å². The van der Waals surface area contributed by atoms with Gasteiger partial charge in [0.15, 0.2) is 0 Å². The van der Waals surface area contributed by atoms with Gasteiger partial charge in [0.25, 0.3) is 0 Å². The van der Waals surface area contributed by atoms with Gasteiger partial charge in [-0.05, 0) is 48.4 Å². The van der Waals surface area contributed by atoms with Crippen LogP contribution < -0.4 is 5.32 Å². The summed E-state index contributed by atoms with van der Waals surface area (Å²) in [6, 6.07) is 6.46. The Bertz CT molecular complexity index is 512. The Morgan fingerprint density at radius 3 is 2.95 bits per heavy atom. The highest BCUT2D eigenvalue weighted by molar-refractivity contribution is 5.56. The molecule has 0 bridgehead atoms. The quantitative estimate of drug-likeness (QED) is 0.859. The molecule has 2 aromatic rings. The number of anilines is 1. The van der Waals surface area contributed by atoms with Crippen molar-refractivity contribution >= 4 is 5.69 Å². The van der Waals surface area contributed by atoms with Crippen molar-refractivity contribution in [3.05, 3.63) is 30.1 Å². The summed E-state index contributed by atoms with van der Waals surface area (Å²) in [7, 11) is 1.72. The van der Waals surface area contributed by atoms with Gasteiger partial charge in [0.05, 0.1) is 5.69 Å². The highest BCUT2D eigenvalue weighted by Gasteiger charge is 2.06. The fourth-order valence-electron chi connectivity index (χ4n) is 1.82. The molecule has 6 nitrogen and oxygen atoms in total. The van der Waals surface area contributed by atoms with Gasteiger partial charge in [-0.15, -0.1) is 5.10 Å². The lowest BCUT2D eigenvalue weighted by Crippen LogP contribution is -2.18. The molecule has 19 heavy (non-hydrogen) atoms. The third kappa shape index (κ3) is 3.51. The number of tetrazole rings is 1. The fraction of sp³-hybridized carbons (Fsp3) is 0.462. The van der Waals surface area contributed by atoms with Gasteiger partial charge in [-0.1, -0.05) is 6.07 Å². The van der Waals surface area contributed by atoms with Gasteiger partial charge >= 0.3 is 0 Å². The first-order chi connectivity index (χ1) is 9.20. The molecule has 2 rings (SSSR count). The molecule has 0 aliphatic heterocycles. The van der Waals surface area contributed by atoms with Gasteiger partial charge in [0.1, 0.15) is 6.33 Å². The van der Waals surface area contributed by atoms with Crippen molar-refractivity contribution in [3.63, 3.8) is 0 Å². The van der Waals surface area contributed by atoms with Crippen molar-refractivity contribution in [2.45, 2.75) is 26.3 Å². The van der Waals surface area contributed by atoms with Gasteiger partial charge in [0.2, 0.25) is 0 Å². The number of ether oxygens (including phenoxy) is 1. The van der Waals surface area contributed by atoms with Gasteiger partial charge < -0.3 is 10.1 Å². The summed E-state index contributed by atoms with van der Waals surface area (Å²) in [4.78, 5) is 0. The van der Waals surface area contributed by atoms with Gasteiger partial charge in [-0.3, -0.25) is 0 Å². The Morgan fingerprint density at radius 1 is 1.42 bits per heavy atom. The van der Waals surface area contributed by atoms with Gasteiger partial charge in [0, 0.05) is 25.4 Å². The van der Waals surface area contributed by atoms with Crippen molar-refractivity contribution in [3.8, 4) is 5.69 Å². The zero-order chi connectivity index (χ0) is 13.7. The maximum Gasteiger partial charge on any atom is 0.143 e. The largest absolute Gasteiger partial charge is 0.385 e. The van der Waals surface area contributed by atoms with Crippen molar-refractivity contribution in [2.24, 2.45) is 0 Å². The number of nitrogens with zero attached hydrogens (tertiary/aromatic N) is 4. The zero-order valence-electron chi connectivity index (χ0n) is 11.5. The lowest BCUT2D eigenvalue weighted by molar-refractivity contribution is 0.191. The lowest BCUT2D eigenvalue weighted by atomic mass is 10.1. The SMILES string of the molecule is COCCC(C)Nc1cc(-n2cnnn2)ccc1C. The van der Waals surface area contributed by atoms with E-state index in [1.165, 1.54) is 5.56 Å². The molecule has 0 radical (unpaired) electrons. The van der Waals surface area contributed by atoms with E-state index >= 15 is 0 Å². The monoisotopic (exact) mass is 261 g/mol. The van der Waals surface area contributed by atoms with E-state index in [1.807, 2.05) is 6.07 Å². The zero-order valence-corrected chi connectivity index (χ0v) is 11.5. The maximum absolute atomic E-state index is 5.09. The number of nitrogens with one attached hydrogen (secondary N) is 1. The first-order valence-electron chi connectivity index (χ1n) is 6.30. The maximum atomic E-state index is 5.09. The van der Waals surface area contributed by atoms with Crippen molar-refractivity contribution in [1.82, 2.24) is 20.2 Å². The smallest absolute Gasteiger partial charge is 0.143 e. The second-order valence-corrected chi connectivity index (χ2v) is 4.58. The van der Waals surface area contributed by atoms with E-state index in [-0.39, 0.29) is 0 Å². The van der Waals surface area contributed by atoms with Crippen LogP contribution in [-0.2, 0) is 4.74 Å². The average Bonchev–Trinajstić information content (AvgIpc) is 2.93. The van der Waals surface area contributed by atoms with Crippen LogP contribution in [0.1, 0.15) is 18.9 Å². The molecule has 0 amide bonds. The van der Waals surface area contributed by atoms with Gasteiger partial charge in [-0.2, -0.15) is 0 Å². The van der Waals surface area contributed by atoms with E-state index in [0.29, 0.717) is 6.04 Å². The molecule has 0 aliphatic rings. The number of benzene rings is 1. The molecule has 1 N–H and O–H groups in total. The normalized spacial score (nSPS) is 12.4. The molecule has 102 valence electrons. The van der Waals surface area contributed by atoms with E-state index in [0.717, 1.165) is 24.4 Å². The highest BCUT2D eigenvalue weighted by Crippen LogP contribution is 2.20. The molecule has 1 unspecified atom stereocenters.